The first-order chi connectivity index (χ1) is 9.96. The highest BCUT2D eigenvalue weighted by Crippen LogP contribution is 2.13. The summed E-state index contributed by atoms with van der Waals surface area (Å²) in [5, 5.41) is 10.5. The Morgan fingerprint density at radius 3 is 2.14 bits per heavy atom. The van der Waals surface area contributed by atoms with Gasteiger partial charge in [-0.2, -0.15) is 0 Å². The molecule has 0 saturated heterocycles. The van der Waals surface area contributed by atoms with Gasteiger partial charge < -0.3 is 0 Å². The van der Waals surface area contributed by atoms with Crippen LogP contribution in [0.15, 0.2) is 54.6 Å². The van der Waals surface area contributed by atoms with Crippen LogP contribution in [0.1, 0.15) is 11.1 Å². The highest BCUT2D eigenvalue weighted by Gasteiger charge is 2.12. The van der Waals surface area contributed by atoms with Crippen LogP contribution in [-0.2, 0) is 22.3 Å². The fraction of sp³-hybridized carbons (Fsp3) is 0.143. The van der Waals surface area contributed by atoms with Crippen LogP contribution in [0.4, 0.5) is 5.69 Å². The maximum Gasteiger partial charge on any atom is 0.269 e. The Bertz CT molecular complexity index is 712. The second-order valence-electron chi connectivity index (χ2n) is 4.49. The summed E-state index contributed by atoms with van der Waals surface area (Å²) in [7, 11) is -3.49. The van der Waals surface area contributed by atoms with Crippen molar-refractivity contribution < 1.29 is 13.3 Å². The van der Waals surface area contributed by atoms with E-state index in [1.54, 1.807) is 0 Å². The normalized spacial score (nSPS) is 11.2. The van der Waals surface area contributed by atoms with Crippen molar-refractivity contribution in [1.82, 2.24) is 4.72 Å². The van der Waals surface area contributed by atoms with E-state index in [1.807, 2.05) is 30.3 Å². The molecule has 0 heterocycles. The molecule has 2 aromatic carbocycles. The van der Waals surface area contributed by atoms with Gasteiger partial charge in [0, 0.05) is 18.7 Å². The number of rotatable bonds is 6. The second kappa shape index (κ2) is 6.47. The van der Waals surface area contributed by atoms with Crippen molar-refractivity contribution in [3.63, 3.8) is 0 Å². The van der Waals surface area contributed by atoms with Gasteiger partial charge in [-0.3, -0.25) is 10.1 Å². The van der Waals surface area contributed by atoms with E-state index in [4.69, 9.17) is 0 Å². The third-order valence-corrected chi connectivity index (χ3v) is 4.14. The molecule has 1 N–H and O–H groups in total. The van der Waals surface area contributed by atoms with Gasteiger partial charge in [0.1, 0.15) is 0 Å². The van der Waals surface area contributed by atoms with Crippen LogP contribution in [0, 0.1) is 10.1 Å². The van der Waals surface area contributed by atoms with Gasteiger partial charge in [0.05, 0.1) is 10.7 Å². The lowest BCUT2D eigenvalue weighted by molar-refractivity contribution is -0.384. The predicted molar refractivity (Wildman–Crippen MR) is 79.0 cm³/mol. The molecule has 7 heteroatoms. The largest absolute Gasteiger partial charge is 0.269 e. The Morgan fingerprint density at radius 2 is 1.57 bits per heavy atom. The maximum absolute atomic E-state index is 11.9. The molecule has 0 aliphatic carbocycles. The quantitative estimate of drug-likeness (QED) is 0.654. The molecule has 21 heavy (non-hydrogen) atoms. The Hall–Kier alpha value is -2.25. The van der Waals surface area contributed by atoms with Gasteiger partial charge >= 0.3 is 0 Å². The molecule has 0 amide bonds. The lowest BCUT2D eigenvalue weighted by atomic mass is 10.2. The molecule has 110 valence electrons. The van der Waals surface area contributed by atoms with Crippen molar-refractivity contribution >= 4 is 15.7 Å². The van der Waals surface area contributed by atoms with E-state index in [1.165, 1.54) is 24.3 Å². The molecule has 0 spiro atoms. The van der Waals surface area contributed by atoms with Crippen molar-refractivity contribution in [1.29, 1.82) is 0 Å². The van der Waals surface area contributed by atoms with Gasteiger partial charge in [-0.1, -0.05) is 42.5 Å². The fourth-order valence-corrected chi connectivity index (χ4v) is 2.89. The van der Waals surface area contributed by atoms with Crippen LogP contribution in [0.5, 0.6) is 0 Å². The van der Waals surface area contributed by atoms with Crippen LogP contribution in [0.3, 0.4) is 0 Å². The number of non-ortho nitro benzene ring substituents is 1. The van der Waals surface area contributed by atoms with E-state index in [2.05, 4.69) is 4.72 Å². The Labute approximate surface area is 122 Å². The number of nitrogens with zero attached hydrogens (tertiary/aromatic N) is 1. The number of benzene rings is 2. The number of sulfonamides is 1. The van der Waals surface area contributed by atoms with E-state index in [0.29, 0.717) is 5.56 Å². The van der Waals surface area contributed by atoms with Gasteiger partial charge in [0.2, 0.25) is 10.0 Å². The Balaban J connectivity index is 1.99. The first-order valence-corrected chi connectivity index (χ1v) is 7.86. The molecule has 0 aliphatic heterocycles. The summed E-state index contributed by atoms with van der Waals surface area (Å²) in [6.45, 7) is 0.218. The third kappa shape index (κ3) is 4.66. The average Bonchev–Trinajstić information content (AvgIpc) is 2.46. The van der Waals surface area contributed by atoms with Crippen LogP contribution < -0.4 is 4.72 Å². The molecule has 2 rings (SSSR count). The topological polar surface area (TPSA) is 89.3 Å². The minimum absolute atomic E-state index is 0.0617. The lowest BCUT2D eigenvalue weighted by Crippen LogP contribution is -2.24. The van der Waals surface area contributed by atoms with E-state index in [9.17, 15) is 18.5 Å². The molecule has 0 saturated carbocycles. The van der Waals surface area contributed by atoms with Gasteiger partial charge in [-0.25, -0.2) is 13.1 Å². The van der Waals surface area contributed by atoms with E-state index in [0.717, 1.165) is 5.56 Å². The second-order valence-corrected chi connectivity index (χ2v) is 6.30. The summed E-state index contributed by atoms with van der Waals surface area (Å²) < 4.78 is 26.4. The molecule has 0 radical (unpaired) electrons. The standard InChI is InChI=1S/C14H14N2O4S/c17-16(18)14-8-6-13(7-9-14)11-21(19,20)15-10-12-4-2-1-3-5-12/h1-9,15H,10-11H2. The number of hydrogen-bond acceptors (Lipinski definition) is 4. The predicted octanol–water partition coefficient (Wildman–Crippen LogP) is 2.21. The summed E-state index contributed by atoms with van der Waals surface area (Å²) >= 11 is 0. The highest BCUT2D eigenvalue weighted by molar-refractivity contribution is 7.88. The lowest BCUT2D eigenvalue weighted by Gasteiger charge is -2.07. The minimum atomic E-state index is -3.49. The molecule has 2 aromatic rings. The summed E-state index contributed by atoms with van der Waals surface area (Å²) in [4.78, 5) is 10.0. The maximum atomic E-state index is 11.9. The summed E-state index contributed by atoms with van der Waals surface area (Å²) in [6.07, 6.45) is 0. The van der Waals surface area contributed by atoms with E-state index in [-0.39, 0.29) is 18.0 Å². The van der Waals surface area contributed by atoms with Crippen LogP contribution in [0.2, 0.25) is 0 Å². The van der Waals surface area contributed by atoms with Crippen molar-refractivity contribution in [3.8, 4) is 0 Å². The zero-order valence-electron chi connectivity index (χ0n) is 11.1. The van der Waals surface area contributed by atoms with Gasteiger partial charge in [0.15, 0.2) is 0 Å². The zero-order chi connectivity index (χ0) is 15.3. The van der Waals surface area contributed by atoms with Crippen molar-refractivity contribution in [2.45, 2.75) is 12.3 Å². The smallest absolute Gasteiger partial charge is 0.258 e. The van der Waals surface area contributed by atoms with E-state index < -0.39 is 14.9 Å². The summed E-state index contributed by atoms with van der Waals surface area (Å²) in [5.41, 5.74) is 1.30. The first kappa shape index (κ1) is 15.1. The Morgan fingerprint density at radius 1 is 0.952 bits per heavy atom. The molecule has 0 fully saturated rings. The number of nitro groups is 1. The van der Waals surface area contributed by atoms with Gasteiger partial charge in [0.25, 0.3) is 5.69 Å². The molecule has 0 bridgehead atoms. The highest BCUT2D eigenvalue weighted by atomic mass is 32.2. The van der Waals surface area contributed by atoms with Crippen LogP contribution in [0.25, 0.3) is 0 Å². The molecular formula is C14H14N2O4S. The molecule has 0 atom stereocenters. The Kier molecular flexibility index (Phi) is 4.66. The molecule has 0 aliphatic rings. The first-order valence-electron chi connectivity index (χ1n) is 6.21. The average molecular weight is 306 g/mol. The number of hydrogen-bond donors (Lipinski definition) is 1. The van der Waals surface area contributed by atoms with E-state index >= 15 is 0 Å². The van der Waals surface area contributed by atoms with Gasteiger partial charge in [-0.15, -0.1) is 0 Å². The number of nitrogens with one attached hydrogen (secondary N) is 1. The van der Waals surface area contributed by atoms with Crippen molar-refractivity contribution in [3.05, 3.63) is 75.8 Å². The van der Waals surface area contributed by atoms with Crippen molar-refractivity contribution in [2.24, 2.45) is 0 Å². The van der Waals surface area contributed by atoms with Crippen LogP contribution >= 0.6 is 0 Å². The summed E-state index contributed by atoms with van der Waals surface area (Å²) in [6, 6.07) is 14.7. The SMILES string of the molecule is O=[N+]([O-])c1ccc(CS(=O)(=O)NCc2ccccc2)cc1. The monoisotopic (exact) mass is 306 g/mol. The van der Waals surface area contributed by atoms with Crippen LogP contribution in [-0.4, -0.2) is 13.3 Å². The minimum Gasteiger partial charge on any atom is -0.258 e. The molecule has 0 aromatic heterocycles. The molecule has 0 unspecified atom stereocenters. The van der Waals surface area contributed by atoms with Gasteiger partial charge in [-0.05, 0) is 11.1 Å². The molecular weight excluding hydrogens is 292 g/mol. The number of nitro benzene ring substituents is 1. The third-order valence-electron chi connectivity index (χ3n) is 2.84. The fourth-order valence-electron chi connectivity index (χ4n) is 1.77. The zero-order valence-corrected chi connectivity index (χ0v) is 11.9. The molecule has 6 nitrogen and oxygen atoms in total. The van der Waals surface area contributed by atoms with Crippen molar-refractivity contribution in [2.75, 3.05) is 0 Å². The summed E-state index contributed by atoms with van der Waals surface area (Å²) in [5.74, 6) is -0.210.